The number of carbonyl (C=O) groups is 2. The highest BCUT2D eigenvalue weighted by molar-refractivity contribution is 9.10. The number of amides is 1. The third-order valence-corrected chi connectivity index (χ3v) is 4.30. The molecule has 1 aliphatic carbocycles. The zero-order valence-corrected chi connectivity index (χ0v) is 13.8. The highest BCUT2D eigenvalue weighted by Crippen LogP contribution is 2.41. The summed E-state index contributed by atoms with van der Waals surface area (Å²) in [6.45, 7) is 0. The molecule has 0 heterocycles. The van der Waals surface area contributed by atoms with Gasteiger partial charge >= 0.3 is 0 Å². The number of para-hydroxylation sites is 1. The summed E-state index contributed by atoms with van der Waals surface area (Å²) in [5, 5.41) is 2.79. The Labute approximate surface area is 142 Å². The molecule has 0 atom stereocenters. The first-order chi connectivity index (χ1) is 11.0. The second kappa shape index (κ2) is 6.42. The van der Waals surface area contributed by atoms with Gasteiger partial charge in [-0.05, 0) is 40.2 Å². The largest absolute Gasteiger partial charge is 0.454 e. The van der Waals surface area contributed by atoms with Crippen LogP contribution in [0.25, 0.3) is 0 Å². The van der Waals surface area contributed by atoms with Gasteiger partial charge in [-0.3, -0.25) is 9.59 Å². The molecule has 3 rings (SSSR count). The molecule has 0 unspecified atom stereocenters. The number of rotatable bonds is 4. The summed E-state index contributed by atoms with van der Waals surface area (Å²) in [7, 11) is 0. The van der Waals surface area contributed by atoms with Crippen molar-refractivity contribution >= 4 is 39.0 Å². The van der Waals surface area contributed by atoms with Gasteiger partial charge in [0, 0.05) is 12.8 Å². The van der Waals surface area contributed by atoms with E-state index in [1.807, 2.05) is 30.3 Å². The van der Waals surface area contributed by atoms with E-state index < -0.39 is 0 Å². The lowest BCUT2D eigenvalue weighted by molar-refractivity contribution is -0.135. The number of hydrogen-bond donors (Lipinski definition) is 2. The molecule has 0 bridgehead atoms. The van der Waals surface area contributed by atoms with E-state index in [1.165, 1.54) is 0 Å². The topological polar surface area (TPSA) is 81.4 Å². The number of nitrogens with one attached hydrogen (secondary N) is 1. The lowest BCUT2D eigenvalue weighted by Gasteiger charge is -2.24. The van der Waals surface area contributed by atoms with E-state index in [0.717, 1.165) is 0 Å². The minimum Gasteiger partial charge on any atom is -0.454 e. The molecule has 0 aliphatic heterocycles. The third kappa shape index (κ3) is 3.37. The van der Waals surface area contributed by atoms with Crippen molar-refractivity contribution in [2.24, 2.45) is 5.92 Å². The van der Waals surface area contributed by atoms with Gasteiger partial charge in [0.2, 0.25) is 5.91 Å². The summed E-state index contributed by atoms with van der Waals surface area (Å²) in [6, 6.07) is 12.7. The normalized spacial score (nSPS) is 14.2. The van der Waals surface area contributed by atoms with Crippen molar-refractivity contribution in [2.45, 2.75) is 12.8 Å². The van der Waals surface area contributed by atoms with Crippen molar-refractivity contribution in [3.8, 4) is 11.5 Å². The Balaban J connectivity index is 1.87. The summed E-state index contributed by atoms with van der Waals surface area (Å²) in [5.74, 6) is 0.675. The van der Waals surface area contributed by atoms with Gasteiger partial charge in [-0.1, -0.05) is 18.2 Å². The molecule has 1 amide bonds. The Hall–Kier alpha value is -2.34. The molecule has 0 radical (unpaired) electrons. The number of benzene rings is 2. The fourth-order valence-corrected chi connectivity index (χ4v) is 2.72. The van der Waals surface area contributed by atoms with Gasteiger partial charge in [-0.2, -0.15) is 0 Å². The molecule has 1 saturated carbocycles. The van der Waals surface area contributed by atoms with Crippen molar-refractivity contribution in [1.82, 2.24) is 0 Å². The quantitative estimate of drug-likeness (QED) is 0.798. The standard InChI is InChI=1S/C17H15BrN2O3/c18-13-6-7-14(19)15(20-17(22)10-8-11(21)9-10)16(13)23-12-4-2-1-3-5-12/h1-7,10H,8-9,19H2,(H,20,22). The average Bonchev–Trinajstić information content (AvgIpc) is 2.52. The predicted molar refractivity (Wildman–Crippen MR) is 91.4 cm³/mol. The van der Waals surface area contributed by atoms with Gasteiger partial charge in [0.05, 0.1) is 16.1 Å². The fraction of sp³-hybridized carbons (Fsp3) is 0.176. The van der Waals surface area contributed by atoms with Crippen LogP contribution in [0, 0.1) is 5.92 Å². The minimum atomic E-state index is -0.287. The Kier molecular flexibility index (Phi) is 4.34. The smallest absolute Gasteiger partial charge is 0.228 e. The summed E-state index contributed by atoms with van der Waals surface area (Å²) >= 11 is 3.42. The number of nitrogen functional groups attached to an aromatic ring is 1. The van der Waals surface area contributed by atoms with Gasteiger partial charge < -0.3 is 15.8 Å². The maximum absolute atomic E-state index is 12.2. The average molecular weight is 375 g/mol. The molecule has 3 N–H and O–H groups in total. The summed E-state index contributed by atoms with van der Waals surface area (Å²) in [6.07, 6.45) is 0.573. The molecule has 2 aromatic carbocycles. The van der Waals surface area contributed by atoms with Crippen LogP contribution in [0.5, 0.6) is 11.5 Å². The monoisotopic (exact) mass is 374 g/mol. The molecular formula is C17H15BrN2O3. The van der Waals surface area contributed by atoms with Gasteiger partial charge in [0.15, 0.2) is 5.75 Å². The maximum Gasteiger partial charge on any atom is 0.228 e. The lowest BCUT2D eigenvalue weighted by atomic mass is 9.83. The number of Topliss-reactive ketones (excluding diaryl/α,β-unsaturated/α-hetero) is 1. The maximum atomic E-state index is 12.2. The first kappa shape index (κ1) is 15.6. The lowest BCUT2D eigenvalue weighted by Crippen LogP contribution is -2.34. The zero-order valence-electron chi connectivity index (χ0n) is 12.2. The molecule has 6 heteroatoms. The number of ether oxygens (including phenoxy) is 1. The van der Waals surface area contributed by atoms with Crippen LogP contribution in [0.4, 0.5) is 11.4 Å². The molecule has 5 nitrogen and oxygen atoms in total. The van der Waals surface area contributed by atoms with Crippen LogP contribution in [-0.2, 0) is 9.59 Å². The molecule has 118 valence electrons. The second-order valence-corrected chi connectivity index (χ2v) is 6.24. The molecule has 1 fully saturated rings. The minimum absolute atomic E-state index is 0.105. The number of carbonyl (C=O) groups excluding carboxylic acids is 2. The van der Waals surface area contributed by atoms with E-state index in [0.29, 0.717) is 27.3 Å². The number of hydrogen-bond acceptors (Lipinski definition) is 4. The fourth-order valence-electron chi connectivity index (χ4n) is 2.31. The van der Waals surface area contributed by atoms with E-state index in [4.69, 9.17) is 10.5 Å². The molecule has 0 aromatic heterocycles. The van der Waals surface area contributed by atoms with Crippen LogP contribution in [-0.4, -0.2) is 11.7 Å². The van der Waals surface area contributed by atoms with Crippen molar-refractivity contribution in [3.05, 3.63) is 46.9 Å². The summed E-state index contributed by atoms with van der Waals surface area (Å²) < 4.78 is 6.54. The summed E-state index contributed by atoms with van der Waals surface area (Å²) in [5.41, 5.74) is 6.81. The van der Waals surface area contributed by atoms with Gasteiger partial charge in [0.1, 0.15) is 17.2 Å². The highest BCUT2D eigenvalue weighted by Gasteiger charge is 2.33. The Bertz CT molecular complexity index is 754. The van der Waals surface area contributed by atoms with Crippen molar-refractivity contribution < 1.29 is 14.3 Å². The predicted octanol–water partition coefficient (Wildman–Crippen LogP) is 3.74. The number of halogens is 1. The van der Waals surface area contributed by atoms with Gasteiger partial charge in [-0.25, -0.2) is 0 Å². The Morgan fingerprint density at radius 2 is 1.87 bits per heavy atom. The molecule has 2 aromatic rings. The molecular weight excluding hydrogens is 360 g/mol. The van der Waals surface area contributed by atoms with Crippen LogP contribution < -0.4 is 15.8 Å². The van der Waals surface area contributed by atoms with E-state index >= 15 is 0 Å². The van der Waals surface area contributed by atoms with Crippen LogP contribution in [0.15, 0.2) is 46.9 Å². The van der Waals surface area contributed by atoms with Crippen LogP contribution in [0.3, 0.4) is 0 Å². The van der Waals surface area contributed by atoms with Crippen molar-refractivity contribution in [3.63, 3.8) is 0 Å². The molecule has 1 aliphatic rings. The number of nitrogens with two attached hydrogens (primary N) is 1. The van der Waals surface area contributed by atoms with Crippen molar-refractivity contribution in [1.29, 1.82) is 0 Å². The Morgan fingerprint density at radius 1 is 1.17 bits per heavy atom. The number of ketones is 1. The first-order valence-corrected chi connectivity index (χ1v) is 7.97. The second-order valence-electron chi connectivity index (χ2n) is 5.39. The Morgan fingerprint density at radius 3 is 2.52 bits per heavy atom. The SMILES string of the molecule is Nc1ccc(Br)c(Oc2ccccc2)c1NC(=O)C1CC(=O)C1. The van der Waals surface area contributed by atoms with E-state index in [9.17, 15) is 9.59 Å². The third-order valence-electron chi connectivity index (χ3n) is 3.67. The van der Waals surface area contributed by atoms with Crippen LogP contribution in [0.1, 0.15) is 12.8 Å². The van der Waals surface area contributed by atoms with Crippen molar-refractivity contribution in [2.75, 3.05) is 11.1 Å². The van der Waals surface area contributed by atoms with E-state index in [1.54, 1.807) is 12.1 Å². The summed E-state index contributed by atoms with van der Waals surface area (Å²) in [4.78, 5) is 23.3. The highest BCUT2D eigenvalue weighted by atomic mass is 79.9. The van der Waals surface area contributed by atoms with E-state index in [-0.39, 0.29) is 30.4 Å². The van der Waals surface area contributed by atoms with Crippen LogP contribution >= 0.6 is 15.9 Å². The van der Waals surface area contributed by atoms with Crippen LogP contribution in [0.2, 0.25) is 0 Å². The molecule has 0 saturated heterocycles. The van der Waals surface area contributed by atoms with Gasteiger partial charge in [-0.15, -0.1) is 0 Å². The van der Waals surface area contributed by atoms with Gasteiger partial charge in [0.25, 0.3) is 0 Å². The van der Waals surface area contributed by atoms with E-state index in [2.05, 4.69) is 21.2 Å². The number of anilines is 2. The first-order valence-electron chi connectivity index (χ1n) is 7.18. The zero-order chi connectivity index (χ0) is 16.4. The molecule has 23 heavy (non-hydrogen) atoms. The molecule has 0 spiro atoms.